The van der Waals surface area contributed by atoms with Gasteiger partial charge in [-0.1, -0.05) is 53.4 Å². The van der Waals surface area contributed by atoms with E-state index >= 15 is 0 Å². The molecule has 0 rings (SSSR count). The van der Waals surface area contributed by atoms with Crippen LogP contribution in [0.15, 0.2) is 0 Å². The smallest absolute Gasteiger partial charge is 0 e. The fourth-order valence-corrected chi connectivity index (χ4v) is 0.530. The van der Waals surface area contributed by atoms with Gasteiger partial charge in [-0.15, -0.1) is 0 Å². The molecule has 14 heavy (non-hydrogen) atoms. The van der Waals surface area contributed by atoms with E-state index in [1.54, 1.807) is 0 Å². The molecule has 1 radical (unpaired) electrons. The molecule has 0 saturated carbocycles. The first-order valence-electron chi connectivity index (χ1n) is 5.21. The van der Waals surface area contributed by atoms with Crippen LogP contribution in [0.4, 0.5) is 0 Å². The van der Waals surface area contributed by atoms with Crippen LogP contribution in [0, 0.1) is 24.7 Å². The minimum atomic E-state index is 0. The Morgan fingerprint density at radius 2 is 1.07 bits per heavy atom. The molecule has 0 bridgehead atoms. The maximum Gasteiger partial charge on any atom is 0 e. The summed E-state index contributed by atoms with van der Waals surface area (Å²) in [5.74, 6) is 0. The first-order valence-corrected chi connectivity index (χ1v) is 5.21. The molecule has 0 fully saturated rings. The SMILES string of the molecule is [CH2-]CC(C)(C)C.[CH2-]CCC(C)(C)C.[Y]. The van der Waals surface area contributed by atoms with Gasteiger partial charge in [0.25, 0.3) is 0 Å². The van der Waals surface area contributed by atoms with Gasteiger partial charge in [0.15, 0.2) is 0 Å². The molecule has 0 nitrogen and oxygen atoms in total. The third kappa shape index (κ3) is 29.2. The molecular weight excluding hydrogens is 245 g/mol. The first kappa shape index (κ1) is 20.5. The molecule has 85 valence electrons. The van der Waals surface area contributed by atoms with E-state index in [1.165, 1.54) is 6.42 Å². The molecule has 1 heteroatoms. The predicted molar refractivity (Wildman–Crippen MR) is 63.5 cm³/mol. The summed E-state index contributed by atoms with van der Waals surface area (Å²) in [6.07, 6.45) is 3.31. The van der Waals surface area contributed by atoms with E-state index < -0.39 is 0 Å². The van der Waals surface area contributed by atoms with Gasteiger partial charge in [-0.05, 0) is 5.41 Å². The summed E-state index contributed by atoms with van der Waals surface area (Å²) in [7, 11) is 0. The summed E-state index contributed by atoms with van der Waals surface area (Å²) >= 11 is 0. The Bertz CT molecular complexity index is 103. The molecule has 0 aliphatic carbocycles. The molecule has 0 heterocycles. The van der Waals surface area contributed by atoms with Crippen molar-refractivity contribution in [3.8, 4) is 0 Å². The van der Waals surface area contributed by atoms with Crippen LogP contribution in [-0.2, 0) is 32.7 Å². The van der Waals surface area contributed by atoms with E-state index in [2.05, 4.69) is 55.4 Å². The summed E-state index contributed by atoms with van der Waals surface area (Å²) in [6.45, 7) is 20.8. The topological polar surface area (TPSA) is 0 Å². The van der Waals surface area contributed by atoms with Gasteiger partial charge in [0.05, 0.1) is 0 Å². The summed E-state index contributed by atoms with van der Waals surface area (Å²) in [4.78, 5) is 0. The number of hydrogen-bond acceptors (Lipinski definition) is 0. The average molecular weight is 273 g/mol. The number of rotatable bonds is 1. The van der Waals surface area contributed by atoms with Crippen molar-refractivity contribution in [1.82, 2.24) is 0 Å². The third-order valence-corrected chi connectivity index (χ3v) is 1.68. The second kappa shape index (κ2) is 9.34. The molecule has 0 aromatic carbocycles. The summed E-state index contributed by atoms with van der Waals surface area (Å²) in [5, 5.41) is 0. The van der Waals surface area contributed by atoms with Crippen molar-refractivity contribution >= 4 is 0 Å². The zero-order valence-corrected chi connectivity index (χ0v) is 14.0. The molecular formula is C13H28Y-2. The fraction of sp³-hybridized carbons (Fsp3) is 0.846. The van der Waals surface area contributed by atoms with Gasteiger partial charge in [-0.2, -0.15) is 12.8 Å². The first-order chi connectivity index (χ1) is 5.62. The van der Waals surface area contributed by atoms with Gasteiger partial charge < -0.3 is 13.8 Å². The summed E-state index contributed by atoms with van der Waals surface area (Å²) in [5.41, 5.74) is 0.918. The Morgan fingerprint density at radius 3 is 1.07 bits per heavy atom. The molecule has 0 saturated heterocycles. The van der Waals surface area contributed by atoms with Crippen molar-refractivity contribution in [2.24, 2.45) is 10.8 Å². The molecule has 0 unspecified atom stereocenters. The van der Waals surface area contributed by atoms with Crippen molar-refractivity contribution in [2.75, 3.05) is 0 Å². The summed E-state index contributed by atoms with van der Waals surface area (Å²) in [6, 6.07) is 0. The van der Waals surface area contributed by atoms with Crippen LogP contribution in [0.3, 0.4) is 0 Å². The standard InChI is InChI=1S/C7H15.C6H13.Y/c1-5-6-7(2,3)4;1-5-6(2,3)4;/h1,5-6H2,2-4H3;1,5H2,2-4H3;/q2*-1;. The quantitative estimate of drug-likeness (QED) is 0.596. The van der Waals surface area contributed by atoms with Crippen LogP contribution in [0.25, 0.3) is 0 Å². The van der Waals surface area contributed by atoms with E-state index in [0.29, 0.717) is 10.8 Å². The third-order valence-electron chi connectivity index (χ3n) is 1.68. The van der Waals surface area contributed by atoms with E-state index in [-0.39, 0.29) is 32.7 Å². The maximum absolute atomic E-state index is 3.77. The zero-order valence-electron chi connectivity index (χ0n) is 11.1. The molecule has 0 spiro atoms. The minimum Gasteiger partial charge on any atom is -0.343 e. The molecule has 0 amide bonds. The van der Waals surface area contributed by atoms with Gasteiger partial charge in [-0.25, -0.2) is 0 Å². The van der Waals surface area contributed by atoms with Crippen molar-refractivity contribution in [2.45, 2.75) is 60.8 Å². The van der Waals surface area contributed by atoms with Crippen molar-refractivity contribution < 1.29 is 32.7 Å². The Balaban J connectivity index is -0.000000163. The van der Waals surface area contributed by atoms with Crippen molar-refractivity contribution in [1.29, 1.82) is 0 Å². The van der Waals surface area contributed by atoms with Crippen LogP contribution >= 0.6 is 0 Å². The Kier molecular flexibility index (Phi) is 13.7. The van der Waals surface area contributed by atoms with E-state index in [4.69, 9.17) is 0 Å². The molecule has 0 aliphatic heterocycles. The fourth-order valence-electron chi connectivity index (χ4n) is 0.530. The van der Waals surface area contributed by atoms with E-state index in [9.17, 15) is 0 Å². The monoisotopic (exact) mass is 273 g/mol. The normalized spacial score (nSPS) is 11.1. The predicted octanol–water partition coefficient (Wildman–Crippen LogP) is 4.90. The zero-order chi connectivity index (χ0) is 11.1. The van der Waals surface area contributed by atoms with Crippen LogP contribution < -0.4 is 0 Å². The second-order valence-corrected chi connectivity index (χ2v) is 5.97. The Morgan fingerprint density at radius 1 is 0.786 bits per heavy atom. The van der Waals surface area contributed by atoms with Gasteiger partial charge in [0, 0.05) is 32.7 Å². The minimum absolute atomic E-state index is 0. The molecule has 0 aromatic rings. The second-order valence-electron chi connectivity index (χ2n) is 5.97. The molecule has 0 atom stereocenters. The van der Waals surface area contributed by atoms with Gasteiger partial charge in [0.2, 0.25) is 0 Å². The van der Waals surface area contributed by atoms with Crippen LogP contribution in [0.2, 0.25) is 0 Å². The molecule has 0 aromatic heterocycles. The van der Waals surface area contributed by atoms with Gasteiger partial charge >= 0.3 is 0 Å². The molecule has 0 N–H and O–H groups in total. The maximum atomic E-state index is 3.77. The number of hydrogen-bond donors (Lipinski definition) is 0. The van der Waals surface area contributed by atoms with Crippen LogP contribution in [0.5, 0.6) is 0 Å². The Hall–Kier alpha value is 1.10. The summed E-state index contributed by atoms with van der Waals surface area (Å²) < 4.78 is 0. The van der Waals surface area contributed by atoms with E-state index in [0.717, 1.165) is 12.8 Å². The van der Waals surface area contributed by atoms with Crippen LogP contribution in [0.1, 0.15) is 60.8 Å². The largest absolute Gasteiger partial charge is 0.343 e. The van der Waals surface area contributed by atoms with Gasteiger partial charge in [-0.3, -0.25) is 0 Å². The van der Waals surface area contributed by atoms with Crippen molar-refractivity contribution in [3.05, 3.63) is 13.8 Å². The average Bonchev–Trinajstić information content (AvgIpc) is 1.84. The van der Waals surface area contributed by atoms with Crippen LogP contribution in [-0.4, -0.2) is 0 Å². The Labute approximate surface area is 118 Å². The van der Waals surface area contributed by atoms with Gasteiger partial charge in [0.1, 0.15) is 0 Å². The van der Waals surface area contributed by atoms with E-state index in [1.807, 2.05) is 0 Å². The molecule has 0 aliphatic rings. The van der Waals surface area contributed by atoms with Crippen molar-refractivity contribution in [3.63, 3.8) is 0 Å².